The van der Waals surface area contributed by atoms with Gasteiger partial charge < -0.3 is 9.16 Å². The Hall–Kier alpha value is -0.883. The first-order valence-electron chi connectivity index (χ1n) is 10.6. The molecule has 0 radical (unpaired) electrons. The molecule has 0 spiro atoms. The van der Waals surface area contributed by atoms with Crippen molar-refractivity contribution in [1.29, 1.82) is 0 Å². The molecule has 3 nitrogen and oxygen atoms in total. The molecule has 0 aliphatic carbocycles. The molecule has 2 aromatic carbocycles. The van der Waals surface area contributed by atoms with Gasteiger partial charge in [0.15, 0.2) is 8.32 Å². The minimum Gasteiger partial charge on any atom is -0.410 e. The predicted molar refractivity (Wildman–Crippen MR) is 129 cm³/mol. The van der Waals surface area contributed by atoms with E-state index in [1.165, 1.54) is 5.56 Å². The Kier molecular flexibility index (Phi) is 7.70. The number of hydrogen-bond donors (Lipinski definition) is 0. The highest BCUT2D eigenvalue weighted by Crippen LogP contribution is 2.40. The Morgan fingerprint density at radius 1 is 1.07 bits per heavy atom. The van der Waals surface area contributed by atoms with Crippen LogP contribution in [0.2, 0.25) is 28.2 Å². The molecule has 1 aliphatic heterocycles. The van der Waals surface area contributed by atoms with Crippen molar-refractivity contribution in [2.45, 2.75) is 57.7 Å². The minimum absolute atomic E-state index is 0.0747. The van der Waals surface area contributed by atoms with Crippen LogP contribution in [0, 0.1) is 0 Å². The van der Waals surface area contributed by atoms with E-state index in [2.05, 4.69) is 69.1 Å². The highest BCUT2D eigenvalue weighted by molar-refractivity contribution is 6.74. The molecule has 0 bridgehead atoms. The highest BCUT2D eigenvalue weighted by Gasteiger charge is 2.42. The fourth-order valence-electron chi connectivity index (χ4n) is 3.50. The second-order valence-electron chi connectivity index (χ2n) is 9.60. The van der Waals surface area contributed by atoms with E-state index in [1.54, 1.807) is 0 Å². The van der Waals surface area contributed by atoms with E-state index in [4.69, 9.17) is 32.4 Å². The second kappa shape index (κ2) is 9.72. The second-order valence-corrected chi connectivity index (χ2v) is 15.2. The van der Waals surface area contributed by atoms with Crippen LogP contribution >= 0.6 is 23.2 Å². The van der Waals surface area contributed by atoms with Gasteiger partial charge in [-0.25, -0.2) is 0 Å². The molecular formula is C24H33Cl2NO2Si. The first-order chi connectivity index (χ1) is 14.1. The number of ether oxygens (including phenoxy) is 1. The summed E-state index contributed by atoms with van der Waals surface area (Å²) in [5.41, 5.74) is 2.33. The van der Waals surface area contributed by atoms with Crippen LogP contribution in [0.4, 0.5) is 0 Å². The van der Waals surface area contributed by atoms with E-state index in [1.807, 2.05) is 18.2 Å². The molecule has 2 atom stereocenters. The van der Waals surface area contributed by atoms with Crippen LogP contribution in [0.25, 0.3) is 0 Å². The van der Waals surface area contributed by atoms with Gasteiger partial charge in [0, 0.05) is 19.6 Å². The zero-order chi connectivity index (χ0) is 21.9. The van der Waals surface area contributed by atoms with E-state index < -0.39 is 8.32 Å². The molecule has 1 aliphatic rings. The van der Waals surface area contributed by atoms with Crippen LogP contribution in [0.1, 0.15) is 38.0 Å². The summed E-state index contributed by atoms with van der Waals surface area (Å²) in [7, 11) is -2.00. The van der Waals surface area contributed by atoms with Gasteiger partial charge >= 0.3 is 0 Å². The van der Waals surface area contributed by atoms with Crippen LogP contribution in [-0.4, -0.2) is 39.0 Å². The molecule has 1 saturated heterocycles. The molecule has 1 fully saturated rings. The van der Waals surface area contributed by atoms with E-state index in [0.29, 0.717) is 16.7 Å². The zero-order valence-corrected chi connectivity index (χ0v) is 21.1. The van der Waals surface area contributed by atoms with E-state index in [9.17, 15) is 0 Å². The van der Waals surface area contributed by atoms with Gasteiger partial charge in [-0.2, -0.15) is 0 Å². The largest absolute Gasteiger partial charge is 0.410 e. The van der Waals surface area contributed by atoms with Gasteiger partial charge in [0.2, 0.25) is 0 Å². The molecule has 2 unspecified atom stereocenters. The zero-order valence-electron chi connectivity index (χ0n) is 18.6. The van der Waals surface area contributed by atoms with Crippen molar-refractivity contribution < 1.29 is 9.16 Å². The number of halogens is 2. The van der Waals surface area contributed by atoms with Crippen molar-refractivity contribution in [2.24, 2.45) is 0 Å². The third-order valence-electron chi connectivity index (χ3n) is 6.25. The first kappa shape index (κ1) is 23.8. The topological polar surface area (TPSA) is 21.7 Å². The normalized spacial score (nSPS) is 21.4. The van der Waals surface area contributed by atoms with E-state index in [-0.39, 0.29) is 17.2 Å². The van der Waals surface area contributed by atoms with Crippen LogP contribution in [0.5, 0.6) is 0 Å². The molecule has 0 amide bonds. The van der Waals surface area contributed by atoms with Crippen LogP contribution in [0.15, 0.2) is 48.5 Å². The lowest BCUT2D eigenvalue weighted by atomic mass is 10.0. The van der Waals surface area contributed by atoms with Crippen molar-refractivity contribution in [3.63, 3.8) is 0 Å². The lowest BCUT2D eigenvalue weighted by Crippen LogP contribution is -2.48. The molecule has 0 saturated carbocycles. The standard InChI is InChI=1S/C24H33Cl2NO2Si/c1-24(2,3)30(4,5)29-22-17-27(16-18-9-7-6-8-10-18)13-14-28-23(22)19-11-12-20(25)21(26)15-19/h6-12,15,22-23H,13-14,16-17H2,1-5H3. The summed E-state index contributed by atoms with van der Waals surface area (Å²) in [6.45, 7) is 14.6. The number of rotatable bonds is 5. The van der Waals surface area contributed by atoms with E-state index in [0.717, 1.165) is 25.2 Å². The summed E-state index contributed by atoms with van der Waals surface area (Å²) >= 11 is 12.5. The van der Waals surface area contributed by atoms with Gasteiger partial charge in [0.1, 0.15) is 6.10 Å². The molecule has 3 rings (SSSR count). The average Bonchev–Trinajstić information content (AvgIpc) is 2.85. The maximum atomic E-state index is 6.92. The lowest BCUT2D eigenvalue weighted by Gasteiger charge is -2.41. The first-order valence-corrected chi connectivity index (χ1v) is 14.2. The van der Waals surface area contributed by atoms with Crippen LogP contribution in [0.3, 0.4) is 0 Å². The quantitative estimate of drug-likeness (QED) is 0.445. The van der Waals surface area contributed by atoms with Gasteiger partial charge in [0.25, 0.3) is 0 Å². The smallest absolute Gasteiger partial charge is 0.192 e. The van der Waals surface area contributed by atoms with Crippen LogP contribution < -0.4 is 0 Å². The Morgan fingerprint density at radius 3 is 2.40 bits per heavy atom. The average molecular weight is 467 g/mol. The number of benzene rings is 2. The summed E-state index contributed by atoms with van der Waals surface area (Å²) in [6.07, 6.45) is -0.246. The van der Waals surface area contributed by atoms with Crippen molar-refractivity contribution in [1.82, 2.24) is 4.90 Å². The highest BCUT2D eigenvalue weighted by atomic mass is 35.5. The predicted octanol–water partition coefficient (Wildman–Crippen LogP) is 6.96. The van der Waals surface area contributed by atoms with Crippen molar-refractivity contribution in [3.8, 4) is 0 Å². The maximum absolute atomic E-state index is 6.92. The van der Waals surface area contributed by atoms with Crippen molar-refractivity contribution in [3.05, 3.63) is 69.7 Å². The summed E-state index contributed by atoms with van der Waals surface area (Å²) in [5, 5.41) is 1.22. The monoisotopic (exact) mass is 465 g/mol. The van der Waals surface area contributed by atoms with Gasteiger partial charge in [-0.3, -0.25) is 4.90 Å². The third-order valence-corrected chi connectivity index (χ3v) is 11.5. The minimum atomic E-state index is -2.00. The van der Waals surface area contributed by atoms with Gasteiger partial charge in [0.05, 0.1) is 22.8 Å². The Bertz CT molecular complexity index is 839. The van der Waals surface area contributed by atoms with Crippen molar-refractivity contribution >= 4 is 31.5 Å². The summed E-state index contributed by atoms with van der Waals surface area (Å²) in [5.74, 6) is 0. The molecule has 0 N–H and O–H groups in total. The maximum Gasteiger partial charge on any atom is 0.192 e. The fraction of sp³-hybridized carbons (Fsp3) is 0.500. The third kappa shape index (κ3) is 5.87. The molecule has 2 aromatic rings. The van der Waals surface area contributed by atoms with Gasteiger partial charge in [-0.05, 0) is 41.4 Å². The number of nitrogens with zero attached hydrogens (tertiary/aromatic N) is 1. The van der Waals surface area contributed by atoms with Crippen molar-refractivity contribution in [2.75, 3.05) is 19.7 Å². The summed E-state index contributed by atoms with van der Waals surface area (Å²) in [4.78, 5) is 2.44. The SMILES string of the molecule is CC(C)(C)[Si](C)(C)OC1CN(Cc2ccccc2)CCOC1c1ccc(Cl)c(Cl)c1. The molecule has 30 heavy (non-hydrogen) atoms. The number of hydrogen-bond acceptors (Lipinski definition) is 3. The molecule has 164 valence electrons. The summed E-state index contributed by atoms with van der Waals surface area (Å²) < 4.78 is 13.3. The molecule has 1 heterocycles. The van der Waals surface area contributed by atoms with E-state index >= 15 is 0 Å². The van der Waals surface area contributed by atoms with Gasteiger partial charge in [-0.1, -0.05) is 80.4 Å². The lowest BCUT2D eigenvalue weighted by molar-refractivity contribution is -0.0152. The van der Waals surface area contributed by atoms with Crippen LogP contribution in [-0.2, 0) is 15.7 Å². The van der Waals surface area contributed by atoms with Gasteiger partial charge in [-0.15, -0.1) is 0 Å². The Balaban J connectivity index is 1.89. The molecular weight excluding hydrogens is 433 g/mol. The Morgan fingerprint density at radius 2 is 1.77 bits per heavy atom. The molecule has 0 aromatic heterocycles. The Labute approximate surface area is 192 Å². The molecule has 6 heteroatoms. The fourth-order valence-corrected chi connectivity index (χ4v) is 5.11. The summed E-state index contributed by atoms with van der Waals surface area (Å²) in [6, 6.07) is 16.4.